The third-order valence-corrected chi connectivity index (χ3v) is 2.53. The lowest BCUT2D eigenvalue weighted by Crippen LogP contribution is -2.26. The maximum absolute atomic E-state index is 11.8. The van der Waals surface area contributed by atoms with E-state index in [4.69, 9.17) is 9.47 Å². The first-order chi connectivity index (χ1) is 8.72. The minimum Gasteiger partial charge on any atom is -0.493 e. The average Bonchev–Trinajstić information content (AvgIpc) is 2.42. The van der Waals surface area contributed by atoms with Gasteiger partial charge < -0.3 is 20.1 Å². The van der Waals surface area contributed by atoms with Crippen molar-refractivity contribution in [1.82, 2.24) is 10.6 Å². The predicted molar refractivity (Wildman–Crippen MR) is 70.4 cm³/mol. The molecule has 0 saturated heterocycles. The van der Waals surface area contributed by atoms with E-state index in [0.29, 0.717) is 23.6 Å². The molecule has 18 heavy (non-hydrogen) atoms. The fourth-order valence-corrected chi connectivity index (χ4v) is 1.55. The summed E-state index contributed by atoms with van der Waals surface area (Å²) >= 11 is 0. The molecule has 2 N–H and O–H groups in total. The number of ether oxygens (including phenoxy) is 2. The lowest BCUT2D eigenvalue weighted by Gasteiger charge is -2.10. The van der Waals surface area contributed by atoms with Gasteiger partial charge in [-0.15, -0.1) is 0 Å². The van der Waals surface area contributed by atoms with Crippen molar-refractivity contribution in [3.8, 4) is 11.5 Å². The van der Waals surface area contributed by atoms with Crippen molar-refractivity contribution in [3.63, 3.8) is 0 Å². The van der Waals surface area contributed by atoms with Gasteiger partial charge in [0, 0.05) is 12.1 Å². The number of carbonyl (C=O) groups is 1. The Bertz CT molecular complexity index is 394. The number of amides is 1. The van der Waals surface area contributed by atoms with Crippen LogP contribution in [0.4, 0.5) is 0 Å². The summed E-state index contributed by atoms with van der Waals surface area (Å²) in [6, 6.07) is 5.11. The molecule has 1 aromatic rings. The summed E-state index contributed by atoms with van der Waals surface area (Å²) in [5.74, 6) is 1.07. The zero-order valence-electron chi connectivity index (χ0n) is 11.1. The lowest BCUT2D eigenvalue weighted by atomic mass is 10.2. The van der Waals surface area contributed by atoms with Gasteiger partial charge >= 0.3 is 0 Å². The second-order valence-corrected chi connectivity index (χ2v) is 3.78. The number of hydrogen-bond acceptors (Lipinski definition) is 4. The topological polar surface area (TPSA) is 59.6 Å². The van der Waals surface area contributed by atoms with Gasteiger partial charge in [0.2, 0.25) is 0 Å². The molecule has 0 aromatic heterocycles. The highest BCUT2D eigenvalue weighted by Crippen LogP contribution is 2.27. The van der Waals surface area contributed by atoms with Crippen LogP contribution >= 0.6 is 0 Å². The first kappa shape index (κ1) is 14.3. The van der Waals surface area contributed by atoms with Crippen molar-refractivity contribution in [1.29, 1.82) is 0 Å². The maximum atomic E-state index is 11.8. The zero-order valence-corrected chi connectivity index (χ0v) is 11.1. The first-order valence-corrected chi connectivity index (χ1v) is 5.87. The number of hydrogen-bond donors (Lipinski definition) is 2. The molecule has 100 valence electrons. The first-order valence-electron chi connectivity index (χ1n) is 5.87. The standard InChI is InChI=1S/C13H20N2O3/c1-14-7-4-8-15-13(16)10-5-6-11(17-2)12(9-10)18-3/h5-6,9,14H,4,7-8H2,1-3H3,(H,15,16). The van der Waals surface area contributed by atoms with Crippen LogP contribution in [0, 0.1) is 0 Å². The molecule has 5 heteroatoms. The van der Waals surface area contributed by atoms with E-state index in [-0.39, 0.29) is 5.91 Å². The Hall–Kier alpha value is -1.75. The van der Waals surface area contributed by atoms with Crippen LogP contribution in [0.15, 0.2) is 18.2 Å². The summed E-state index contributed by atoms with van der Waals surface area (Å²) in [6.45, 7) is 1.53. The van der Waals surface area contributed by atoms with Crippen molar-refractivity contribution in [3.05, 3.63) is 23.8 Å². The van der Waals surface area contributed by atoms with Crippen LogP contribution in [-0.2, 0) is 0 Å². The molecular weight excluding hydrogens is 232 g/mol. The van der Waals surface area contributed by atoms with Gasteiger partial charge in [0.15, 0.2) is 11.5 Å². The molecule has 0 atom stereocenters. The predicted octanol–water partition coefficient (Wildman–Crippen LogP) is 1.04. The van der Waals surface area contributed by atoms with Gasteiger partial charge in [-0.25, -0.2) is 0 Å². The van der Waals surface area contributed by atoms with Gasteiger partial charge in [-0.2, -0.15) is 0 Å². The van der Waals surface area contributed by atoms with E-state index in [9.17, 15) is 4.79 Å². The molecule has 0 unspecified atom stereocenters. The quantitative estimate of drug-likeness (QED) is 0.712. The maximum Gasteiger partial charge on any atom is 0.251 e. The molecule has 0 saturated carbocycles. The van der Waals surface area contributed by atoms with Crippen LogP contribution < -0.4 is 20.1 Å². The molecule has 0 fully saturated rings. The molecule has 1 aromatic carbocycles. The van der Waals surface area contributed by atoms with Gasteiger partial charge in [0.1, 0.15) is 0 Å². The Morgan fingerprint density at radius 1 is 1.17 bits per heavy atom. The fourth-order valence-electron chi connectivity index (χ4n) is 1.55. The minimum absolute atomic E-state index is 0.105. The summed E-state index contributed by atoms with van der Waals surface area (Å²) in [6.07, 6.45) is 0.898. The molecule has 0 aliphatic rings. The van der Waals surface area contributed by atoms with Crippen LogP contribution in [0.3, 0.4) is 0 Å². The summed E-state index contributed by atoms with van der Waals surface area (Å²) in [7, 11) is 5.00. The third-order valence-electron chi connectivity index (χ3n) is 2.53. The molecule has 1 amide bonds. The van der Waals surface area contributed by atoms with Crippen LogP contribution in [-0.4, -0.2) is 40.3 Å². The molecule has 0 aliphatic heterocycles. The van der Waals surface area contributed by atoms with Gasteiger partial charge in [-0.1, -0.05) is 0 Å². The smallest absolute Gasteiger partial charge is 0.251 e. The Kier molecular flexibility index (Phi) is 6.00. The molecule has 0 aliphatic carbocycles. The molecule has 0 bridgehead atoms. The normalized spacial score (nSPS) is 9.94. The largest absolute Gasteiger partial charge is 0.493 e. The minimum atomic E-state index is -0.105. The molecule has 1 rings (SSSR count). The molecule has 0 spiro atoms. The third kappa shape index (κ3) is 3.92. The fraction of sp³-hybridized carbons (Fsp3) is 0.462. The van der Waals surface area contributed by atoms with Crippen LogP contribution in [0.5, 0.6) is 11.5 Å². The second kappa shape index (κ2) is 7.55. The van der Waals surface area contributed by atoms with Crippen molar-refractivity contribution in [2.45, 2.75) is 6.42 Å². The molecule has 0 heterocycles. The van der Waals surface area contributed by atoms with E-state index in [1.54, 1.807) is 32.4 Å². The highest BCUT2D eigenvalue weighted by molar-refractivity contribution is 5.94. The van der Waals surface area contributed by atoms with Gasteiger partial charge in [-0.05, 0) is 38.2 Å². The summed E-state index contributed by atoms with van der Waals surface area (Å²) in [5.41, 5.74) is 0.567. The van der Waals surface area contributed by atoms with Crippen molar-refractivity contribution in [2.24, 2.45) is 0 Å². The molecule has 5 nitrogen and oxygen atoms in total. The van der Waals surface area contributed by atoms with E-state index in [1.807, 2.05) is 7.05 Å². The zero-order chi connectivity index (χ0) is 13.4. The summed E-state index contributed by atoms with van der Waals surface area (Å²) in [4.78, 5) is 11.8. The van der Waals surface area contributed by atoms with Crippen LogP contribution in [0.2, 0.25) is 0 Å². The summed E-state index contributed by atoms with van der Waals surface area (Å²) in [5, 5.41) is 5.87. The number of methoxy groups -OCH3 is 2. The summed E-state index contributed by atoms with van der Waals surface area (Å²) < 4.78 is 10.3. The second-order valence-electron chi connectivity index (χ2n) is 3.78. The van der Waals surface area contributed by atoms with Crippen molar-refractivity contribution in [2.75, 3.05) is 34.4 Å². The Labute approximate surface area is 107 Å². The van der Waals surface area contributed by atoms with Crippen LogP contribution in [0.25, 0.3) is 0 Å². The highest BCUT2D eigenvalue weighted by Gasteiger charge is 2.09. The van der Waals surface area contributed by atoms with Crippen molar-refractivity contribution >= 4 is 5.91 Å². The number of rotatable bonds is 7. The Morgan fingerprint density at radius 2 is 1.89 bits per heavy atom. The van der Waals surface area contributed by atoms with E-state index in [0.717, 1.165) is 13.0 Å². The molecule has 0 radical (unpaired) electrons. The van der Waals surface area contributed by atoms with Gasteiger partial charge in [0.25, 0.3) is 5.91 Å². The van der Waals surface area contributed by atoms with Crippen molar-refractivity contribution < 1.29 is 14.3 Å². The monoisotopic (exact) mass is 252 g/mol. The van der Waals surface area contributed by atoms with Gasteiger partial charge in [0.05, 0.1) is 14.2 Å². The SMILES string of the molecule is CNCCCNC(=O)c1ccc(OC)c(OC)c1. The van der Waals surface area contributed by atoms with E-state index >= 15 is 0 Å². The van der Waals surface area contributed by atoms with Crippen LogP contribution in [0.1, 0.15) is 16.8 Å². The Morgan fingerprint density at radius 3 is 2.50 bits per heavy atom. The number of nitrogens with one attached hydrogen (secondary N) is 2. The van der Waals surface area contributed by atoms with Gasteiger partial charge in [-0.3, -0.25) is 4.79 Å². The number of carbonyl (C=O) groups excluding carboxylic acids is 1. The van der Waals surface area contributed by atoms with E-state index < -0.39 is 0 Å². The highest BCUT2D eigenvalue weighted by atomic mass is 16.5. The molecular formula is C13H20N2O3. The van der Waals surface area contributed by atoms with E-state index in [2.05, 4.69) is 10.6 Å². The van der Waals surface area contributed by atoms with E-state index in [1.165, 1.54) is 0 Å². The Balaban J connectivity index is 2.62. The lowest BCUT2D eigenvalue weighted by molar-refractivity contribution is 0.0953. The number of benzene rings is 1. The average molecular weight is 252 g/mol.